The summed E-state index contributed by atoms with van der Waals surface area (Å²) in [5.41, 5.74) is 4.60. The van der Waals surface area contributed by atoms with E-state index in [1.807, 2.05) is 0 Å². The van der Waals surface area contributed by atoms with E-state index in [1.54, 1.807) is 7.11 Å². The number of rotatable bonds is 9. The van der Waals surface area contributed by atoms with Crippen LogP contribution >= 0.6 is 0 Å². The summed E-state index contributed by atoms with van der Waals surface area (Å²) in [6.07, 6.45) is 3.56. The number of aryl methyl sites for hydroxylation is 2. The van der Waals surface area contributed by atoms with Gasteiger partial charge in [-0.3, -0.25) is 0 Å². The maximum Gasteiger partial charge on any atom is 0.0587 e. The monoisotopic (exact) mass is 277 g/mol. The van der Waals surface area contributed by atoms with Gasteiger partial charge in [0.25, 0.3) is 0 Å². The van der Waals surface area contributed by atoms with Gasteiger partial charge in [-0.15, -0.1) is 0 Å². The Kier molecular flexibility index (Phi) is 7.25. The lowest BCUT2D eigenvalue weighted by Gasteiger charge is -2.32. The number of nitrogens with one attached hydrogen (secondary N) is 1. The lowest BCUT2D eigenvalue weighted by Crippen LogP contribution is -2.36. The standard InChI is InChI=1S/C18H31NO/c1-6-18(7-2,14-19-10-11-20-5)13-17-9-8-15(3)16(4)12-17/h8-9,12,19H,6-7,10-11,13-14H2,1-5H3. The minimum absolute atomic E-state index is 0.357. The van der Waals surface area contributed by atoms with Gasteiger partial charge in [0.1, 0.15) is 0 Å². The van der Waals surface area contributed by atoms with E-state index in [0.717, 1.165) is 26.1 Å². The van der Waals surface area contributed by atoms with Crippen molar-refractivity contribution < 1.29 is 4.74 Å². The molecule has 0 aliphatic carbocycles. The van der Waals surface area contributed by atoms with E-state index >= 15 is 0 Å². The molecular weight excluding hydrogens is 246 g/mol. The minimum atomic E-state index is 0.357. The predicted octanol–water partition coefficient (Wildman–Crippen LogP) is 3.89. The van der Waals surface area contributed by atoms with Crippen LogP contribution in [0.5, 0.6) is 0 Å². The van der Waals surface area contributed by atoms with Gasteiger partial charge in [-0.2, -0.15) is 0 Å². The fraction of sp³-hybridized carbons (Fsp3) is 0.667. The van der Waals surface area contributed by atoms with E-state index in [2.05, 4.69) is 51.2 Å². The van der Waals surface area contributed by atoms with Crippen LogP contribution in [0.4, 0.5) is 0 Å². The first-order chi connectivity index (χ1) is 9.56. The normalized spacial score (nSPS) is 11.8. The molecule has 114 valence electrons. The second-order valence-corrected chi connectivity index (χ2v) is 5.97. The minimum Gasteiger partial charge on any atom is -0.383 e. The molecule has 0 saturated carbocycles. The first-order valence-corrected chi connectivity index (χ1v) is 7.82. The molecule has 0 heterocycles. The molecule has 0 fully saturated rings. The summed E-state index contributed by atoms with van der Waals surface area (Å²) in [7, 11) is 1.75. The molecule has 0 spiro atoms. The molecule has 1 aromatic rings. The van der Waals surface area contributed by atoms with Gasteiger partial charge >= 0.3 is 0 Å². The van der Waals surface area contributed by atoms with Crippen molar-refractivity contribution in [3.63, 3.8) is 0 Å². The van der Waals surface area contributed by atoms with Crippen LogP contribution in [0, 0.1) is 19.3 Å². The Morgan fingerprint density at radius 1 is 1.10 bits per heavy atom. The number of hydrogen-bond acceptors (Lipinski definition) is 2. The Labute approximate surface area is 124 Å². The maximum atomic E-state index is 5.11. The average molecular weight is 277 g/mol. The fourth-order valence-electron chi connectivity index (χ4n) is 2.69. The number of ether oxygens (including phenoxy) is 1. The summed E-state index contributed by atoms with van der Waals surface area (Å²) < 4.78 is 5.11. The summed E-state index contributed by atoms with van der Waals surface area (Å²) in [6, 6.07) is 6.89. The third-order valence-electron chi connectivity index (χ3n) is 4.63. The van der Waals surface area contributed by atoms with Crippen LogP contribution in [-0.2, 0) is 11.2 Å². The van der Waals surface area contributed by atoms with Crippen LogP contribution in [0.15, 0.2) is 18.2 Å². The zero-order valence-electron chi connectivity index (χ0n) is 13.9. The van der Waals surface area contributed by atoms with Gasteiger partial charge in [0.05, 0.1) is 6.61 Å². The molecule has 1 N–H and O–H groups in total. The van der Waals surface area contributed by atoms with Crippen LogP contribution in [0.2, 0.25) is 0 Å². The van der Waals surface area contributed by atoms with E-state index in [1.165, 1.54) is 29.5 Å². The molecule has 0 bridgehead atoms. The van der Waals surface area contributed by atoms with E-state index < -0.39 is 0 Å². The first kappa shape index (κ1) is 17.2. The van der Waals surface area contributed by atoms with E-state index in [9.17, 15) is 0 Å². The van der Waals surface area contributed by atoms with Gasteiger partial charge in [-0.05, 0) is 55.2 Å². The number of methoxy groups -OCH3 is 1. The summed E-state index contributed by atoms with van der Waals surface area (Å²) in [4.78, 5) is 0. The van der Waals surface area contributed by atoms with Crippen LogP contribution in [0.1, 0.15) is 43.4 Å². The predicted molar refractivity (Wildman–Crippen MR) is 87.4 cm³/mol. The molecule has 0 aliphatic rings. The molecule has 2 nitrogen and oxygen atoms in total. The second kappa shape index (κ2) is 8.43. The second-order valence-electron chi connectivity index (χ2n) is 5.97. The molecule has 0 aromatic heterocycles. The third kappa shape index (κ3) is 4.92. The van der Waals surface area contributed by atoms with Crippen molar-refractivity contribution >= 4 is 0 Å². The Morgan fingerprint density at radius 3 is 2.35 bits per heavy atom. The van der Waals surface area contributed by atoms with Crippen molar-refractivity contribution in [3.8, 4) is 0 Å². The van der Waals surface area contributed by atoms with Crippen LogP contribution < -0.4 is 5.32 Å². The zero-order valence-corrected chi connectivity index (χ0v) is 13.9. The van der Waals surface area contributed by atoms with Crippen molar-refractivity contribution in [2.75, 3.05) is 26.8 Å². The van der Waals surface area contributed by atoms with Gasteiger partial charge < -0.3 is 10.1 Å². The van der Waals surface area contributed by atoms with Crippen molar-refractivity contribution in [3.05, 3.63) is 34.9 Å². The largest absolute Gasteiger partial charge is 0.383 e. The highest BCUT2D eigenvalue weighted by molar-refractivity contribution is 5.30. The molecule has 1 rings (SSSR count). The third-order valence-corrected chi connectivity index (χ3v) is 4.63. The van der Waals surface area contributed by atoms with Gasteiger partial charge in [-0.25, -0.2) is 0 Å². The van der Waals surface area contributed by atoms with Crippen LogP contribution in [0.3, 0.4) is 0 Å². The van der Waals surface area contributed by atoms with E-state index in [-0.39, 0.29) is 0 Å². The van der Waals surface area contributed by atoms with Crippen molar-refractivity contribution in [1.29, 1.82) is 0 Å². The summed E-state index contributed by atoms with van der Waals surface area (Å²) in [6.45, 7) is 11.8. The number of hydrogen-bond donors (Lipinski definition) is 1. The van der Waals surface area contributed by atoms with Gasteiger partial charge in [0.2, 0.25) is 0 Å². The molecule has 0 saturated heterocycles. The smallest absolute Gasteiger partial charge is 0.0587 e. The molecule has 2 heteroatoms. The highest BCUT2D eigenvalue weighted by Gasteiger charge is 2.26. The first-order valence-electron chi connectivity index (χ1n) is 7.82. The molecule has 0 aliphatic heterocycles. The van der Waals surface area contributed by atoms with E-state index in [4.69, 9.17) is 4.74 Å². The Morgan fingerprint density at radius 2 is 1.80 bits per heavy atom. The molecule has 0 atom stereocenters. The quantitative estimate of drug-likeness (QED) is 0.691. The molecular formula is C18H31NO. The maximum absolute atomic E-state index is 5.11. The SMILES string of the molecule is CCC(CC)(CNCCOC)Cc1ccc(C)c(C)c1. The van der Waals surface area contributed by atoms with Gasteiger partial charge in [0.15, 0.2) is 0 Å². The average Bonchev–Trinajstić information content (AvgIpc) is 2.46. The van der Waals surface area contributed by atoms with Crippen molar-refractivity contribution in [1.82, 2.24) is 5.32 Å². The molecule has 0 radical (unpaired) electrons. The Bertz CT molecular complexity index is 396. The summed E-state index contributed by atoms with van der Waals surface area (Å²) in [5.74, 6) is 0. The molecule has 0 unspecified atom stereocenters. The highest BCUT2D eigenvalue weighted by atomic mass is 16.5. The van der Waals surface area contributed by atoms with E-state index in [0.29, 0.717) is 5.41 Å². The lowest BCUT2D eigenvalue weighted by molar-refractivity contribution is 0.185. The summed E-state index contributed by atoms with van der Waals surface area (Å²) >= 11 is 0. The molecule has 0 amide bonds. The Balaban J connectivity index is 2.71. The van der Waals surface area contributed by atoms with Crippen LogP contribution in [0.25, 0.3) is 0 Å². The van der Waals surface area contributed by atoms with Crippen molar-refractivity contribution in [2.45, 2.75) is 47.0 Å². The topological polar surface area (TPSA) is 21.3 Å². The van der Waals surface area contributed by atoms with Gasteiger partial charge in [0, 0.05) is 20.2 Å². The summed E-state index contributed by atoms with van der Waals surface area (Å²) in [5, 5.41) is 3.55. The molecule has 20 heavy (non-hydrogen) atoms. The number of benzene rings is 1. The fourth-order valence-corrected chi connectivity index (χ4v) is 2.69. The molecule has 1 aromatic carbocycles. The van der Waals surface area contributed by atoms with Crippen molar-refractivity contribution in [2.24, 2.45) is 5.41 Å². The zero-order chi connectivity index (χ0) is 15.0. The lowest BCUT2D eigenvalue weighted by atomic mass is 9.76. The Hall–Kier alpha value is -0.860. The van der Waals surface area contributed by atoms with Crippen LogP contribution in [-0.4, -0.2) is 26.8 Å². The van der Waals surface area contributed by atoms with Gasteiger partial charge in [-0.1, -0.05) is 32.0 Å². The highest BCUT2D eigenvalue weighted by Crippen LogP contribution is 2.30.